The van der Waals surface area contributed by atoms with E-state index in [1.807, 2.05) is 0 Å². The number of aliphatic hydroxyl groups is 1. The van der Waals surface area contributed by atoms with Crippen molar-refractivity contribution in [3.63, 3.8) is 0 Å². The highest BCUT2D eigenvalue weighted by Gasteiger charge is 2.26. The zero-order valence-corrected chi connectivity index (χ0v) is 9.39. The third kappa shape index (κ3) is 6.33. The minimum absolute atomic E-state index is 0.152. The van der Waals surface area contributed by atoms with Gasteiger partial charge in [-0.1, -0.05) is 0 Å². The van der Waals surface area contributed by atoms with Gasteiger partial charge in [-0.05, 0) is 51.1 Å². The third-order valence-electron chi connectivity index (χ3n) is 3.06. The summed E-state index contributed by atoms with van der Waals surface area (Å²) in [5, 5.41) is 12.3. The molecule has 1 aliphatic rings. The Kier molecular flexibility index (Phi) is 5.55. The molecule has 0 aromatic carbocycles. The van der Waals surface area contributed by atoms with Crippen molar-refractivity contribution < 1.29 is 18.3 Å². The van der Waals surface area contributed by atoms with E-state index in [2.05, 4.69) is 5.32 Å². The first kappa shape index (κ1) is 13.8. The van der Waals surface area contributed by atoms with Crippen LogP contribution in [0.2, 0.25) is 0 Å². The van der Waals surface area contributed by atoms with Crippen molar-refractivity contribution >= 4 is 0 Å². The van der Waals surface area contributed by atoms with Crippen molar-refractivity contribution in [2.75, 3.05) is 13.1 Å². The average Bonchev–Trinajstić information content (AvgIpc) is 2.19. The minimum atomic E-state index is -4.03. The standard InChI is InChI=1S/C11H20F3NO/c12-11(13,14)6-1-7-15-8-9-2-4-10(16)5-3-9/h9-10,15-16H,1-8H2. The fourth-order valence-corrected chi connectivity index (χ4v) is 2.07. The molecule has 2 nitrogen and oxygen atoms in total. The predicted octanol–water partition coefficient (Wildman–Crippen LogP) is 2.47. The van der Waals surface area contributed by atoms with Crippen molar-refractivity contribution in [1.29, 1.82) is 0 Å². The number of nitrogens with one attached hydrogen (secondary N) is 1. The molecule has 0 aromatic rings. The smallest absolute Gasteiger partial charge is 0.389 e. The summed E-state index contributed by atoms with van der Waals surface area (Å²) in [4.78, 5) is 0. The maximum Gasteiger partial charge on any atom is 0.389 e. The maximum absolute atomic E-state index is 11.8. The van der Waals surface area contributed by atoms with Crippen LogP contribution in [0.15, 0.2) is 0 Å². The lowest BCUT2D eigenvalue weighted by Gasteiger charge is -2.25. The summed E-state index contributed by atoms with van der Waals surface area (Å²) in [7, 11) is 0. The second-order valence-corrected chi connectivity index (χ2v) is 4.60. The molecule has 5 heteroatoms. The van der Waals surface area contributed by atoms with E-state index in [4.69, 9.17) is 0 Å². The summed E-state index contributed by atoms with van der Waals surface area (Å²) >= 11 is 0. The topological polar surface area (TPSA) is 32.3 Å². The van der Waals surface area contributed by atoms with E-state index in [0.717, 1.165) is 32.2 Å². The van der Waals surface area contributed by atoms with Gasteiger partial charge in [0, 0.05) is 6.42 Å². The Hall–Kier alpha value is -0.290. The summed E-state index contributed by atoms with van der Waals surface area (Å²) in [6.45, 7) is 1.21. The van der Waals surface area contributed by atoms with Gasteiger partial charge in [-0.15, -0.1) is 0 Å². The van der Waals surface area contributed by atoms with Crippen molar-refractivity contribution in [3.05, 3.63) is 0 Å². The van der Waals surface area contributed by atoms with Gasteiger partial charge >= 0.3 is 6.18 Å². The molecule has 0 aliphatic heterocycles. The Morgan fingerprint density at radius 3 is 2.31 bits per heavy atom. The van der Waals surface area contributed by atoms with Gasteiger partial charge in [-0.2, -0.15) is 13.2 Å². The van der Waals surface area contributed by atoms with E-state index in [1.165, 1.54) is 0 Å². The Morgan fingerprint density at radius 1 is 1.12 bits per heavy atom. The van der Waals surface area contributed by atoms with Gasteiger partial charge in [0.05, 0.1) is 6.10 Å². The zero-order valence-electron chi connectivity index (χ0n) is 9.39. The van der Waals surface area contributed by atoms with E-state index in [0.29, 0.717) is 12.5 Å². The Bertz CT molecular complexity index is 188. The molecular weight excluding hydrogens is 219 g/mol. The highest BCUT2D eigenvalue weighted by molar-refractivity contribution is 4.73. The van der Waals surface area contributed by atoms with Gasteiger partial charge in [0.15, 0.2) is 0 Å². The molecule has 1 fully saturated rings. The monoisotopic (exact) mass is 239 g/mol. The molecule has 1 saturated carbocycles. The number of alkyl halides is 3. The van der Waals surface area contributed by atoms with Gasteiger partial charge in [0.25, 0.3) is 0 Å². The molecule has 1 aliphatic carbocycles. The number of rotatable bonds is 5. The van der Waals surface area contributed by atoms with E-state index in [9.17, 15) is 18.3 Å². The minimum Gasteiger partial charge on any atom is -0.393 e. The van der Waals surface area contributed by atoms with Crippen LogP contribution in [0.1, 0.15) is 38.5 Å². The van der Waals surface area contributed by atoms with Crippen molar-refractivity contribution in [3.8, 4) is 0 Å². The molecule has 0 atom stereocenters. The summed E-state index contributed by atoms with van der Waals surface area (Å²) in [5.41, 5.74) is 0. The molecule has 16 heavy (non-hydrogen) atoms. The van der Waals surface area contributed by atoms with Gasteiger partial charge in [-0.3, -0.25) is 0 Å². The maximum atomic E-state index is 11.8. The Morgan fingerprint density at radius 2 is 1.75 bits per heavy atom. The molecule has 0 amide bonds. The van der Waals surface area contributed by atoms with Crippen LogP contribution in [0, 0.1) is 5.92 Å². The predicted molar refractivity (Wildman–Crippen MR) is 56.1 cm³/mol. The molecule has 2 N–H and O–H groups in total. The SMILES string of the molecule is OC1CCC(CNCCCC(F)(F)F)CC1. The molecule has 0 saturated heterocycles. The van der Waals surface area contributed by atoms with Crippen LogP contribution in [0.4, 0.5) is 13.2 Å². The Labute approximate surface area is 94.2 Å². The molecule has 0 bridgehead atoms. The van der Waals surface area contributed by atoms with Crippen molar-refractivity contribution in [1.82, 2.24) is 5.32 Å². The van der Waals surface area contributed by atoms with Crippen LogP contribution >= 0.6 is 0 Å². The lowest BCUT2D eigenvalue weighted by atomic mass is 9.87. The lowest BCUT2D eigenvalue weighted by molar-refractivity contribution is -0.135. The van der Waals surface area contributed by atoms with Gasteiger partial charge < -0.3 is 10.4 Å². The highest BCUT2D eigenvalue weighted by atomic mass is 19.4. The fraction of sp³-hybridized carbons (Fsp3) is 1.00. The summed E-state index contributed by atoms with van der Waals surface area (Å²) in [5.74, 6) is 0.522. The van der Waals surface area contributed by atoms with Crippen LogP contribution in [-0.2, 0) is 0 Å². The van der Waals surface area contributed by atoms with Crippen molar-refractivity contribution in [2.45, 2.75) is 50.8 Å². The molecule has 0 radical (unpaired) electrons. The first-order chi connectivity index (χ1) is 7.47. The molecular formula is C11H20F3NO. The van der Waals surface area contributed by atoms with E-state index >= 15 is 0 Å². The number of halogens is 3. The molecule has 0 unspecified atom stereocenters. The van der Waals surface area contributed by atoms with Gasteiger partial charge in [0.2, 0.25) is 0 Å². The van der Waals surface area contributed by atoms with Crippen LogP contribution in [0.25, 0.3) is 0 Å². The quantitative estimate of drug-likeness (QED) is 0.722. The molecule has 0 heterocycles. The first-order valence-electron chi connectivity index (χ1n) is 5.93. The highest BCUT2D eigenvalue weighted by Crippen LogP contribution is 2.23. The first-order valence-corrected chi connectivity index (χ1v) is 5.93. The molecule has 0 spiro atoms. The van der Waals surface area contributed by atoms with Crippen LogP contribution in [0.5, 0.6) is 0 Å². The fourth-order valence-electron chi connectivity index (χ4n) is 2.07. The lowest BCUT2D eigenvalue weighted by Crippen LogP contribution is -2.29. The normalized spacial score (nSPS) is 27.0. The number of hydrogen-bond donors (Lipinski definition) is 2. The molecule has 1 rings (SSSR count). The summed E-state index contributed by atoms with van der Waals surface area (Å²) in [6.07, 6.45) is -1.13. The molecule has 0 aromatic heterocycles. The van der Waals surface area contributed by atoms with E-state index in [1.54, 1.807) is 0 Å². The Balaban J connectivity index is 1.95. The van der Waals surface area contributed by atoms with Crippen molar-refractivity contribution in [2.24, 2.45) is 5.92 Å². The number of aliphatic hydroxyl groups excluding tert-OH is 1. The zero-order chi connectivity index (χ0) is 12.0. The summed E-state index contributed by atoms with van der Waals surface area (Å²) in [6, 6.07) is 0. The van der Waals surface area contributed by atoms with Gasteiger partial charge in [0.1, 0.15) is 0 Å². The van der Waals surface area contributed by atoms with Crippen LogP contribution < -0.4 is 5.32 Å². The third-order valence-corrected chi connectivity index (χ3v) is 3.06. The van der Waals surface area contributed by atoms with E-state index in [-0.39, 0.29) is 12.5 Å². The summed E-state index contributed by atoms with van der Waals surface area (Å²) < 4.78 is 35.5. The van der Waals surface area contributed by atoms with Crippen LogP contribution in [0.3, 0.4) is 0 Å². The second-order valence-electron chi connectivity index (χ2n) is 4.60. The second kappa shape index (κ2) is 6.45. The van der Waals surface area contributed by atoms with Gasteiger partial charge in [-0.25, -0.2) is 0 Å². The average molecular weight is 239 g/mol. The van der Waals surface area contributed by atoms with Crippen LogP contribution in [-0.4, -0.2) is 30.5 Å². The number of hydrogen-bond acceptors (Lipinski definition) is 2. The largest absolute Gasteiger partial charge is 0.393 e. The molecule has 96 valence electrons. The van der Waals surface area contributed by atoms with E-state index < -0.39 is 12.6 Å².